The molecule has 0 atom stereocenters. The Bertz CT molecular complexity index is 1070. The number of carbonyl (C=O) groups is 2. The Morgan fingerprint density at radius 1 is 1.17 bits per heavy atom. The Balaban J connectivity index is 2.12. The van der Waals surface area contributed by atoms with Gasteiger partial charge in [0.05, 0.1) is 30.6 Å². The maximum Gasteiger partial charge on any atom is 0.340 e. The van der Waals surface area contributed by atoms with Gasteiger partial charge in [0.15, 0.2) is 0 Å². The second-order valence-electron chi connectivity index (χ2n) is 7.07. The molecule has 0 saturated carbocycles. The zero-order valence-electron chi connectivity index (χ0n) is 17.8. The summed E-state index contributed by atoms with van der Waals surface area (Å²) < 4.78 is 26.2. The summed E-state index contributed by atoms with van der Waals surface area (Å²) in [4.78, 5) is 27.0. The van der Waals surface area contributed by atoms with Gasteiger partial charge in [-0.05, 0) is 50.6 Å². The summed E-state index contributed by atoms with van der Waals surface area (Å²) in [5, 5.41) is 0. The highest BCUT2D eigenvalue weighted by Crippen LogP contribution is 2.33. The Labute approximate surface area is 175 Å². The zero-order valence-corrected chi connectivity index (χ0v) is 17.8. The third kappa shape index (κ3) is 3.68. The molecule has 0 bridgehead atoms. The number of nitrogens with zero attached hydrogens (tertiary/aromatic N) is 2. The van der Waals surface area contributed by atoms with E-state index in [0.717, 1.165) is 17.0 Å². The van der Waals surface area contributed by atoms with Crippen LogP contribution in [0.3, 0.4) is 0 Å². The van der Waals surface area contributed by atoms with Crippen molar-refractivity contribution in [2.45, 2.75) is 20.8 Å². The van der Waals surface area contributed by atoms with Crippen molar-refractivity contribution in [3.05, 3.63) is 69.9 Å². The van der Waals surface area contributed by atoms with Gasteiger partial charge in [-0.15, -0.1) is 0 Å². The van der Waals surface area contributed by atoms with Gasteiger partial charge in [-0.2, -0.15) is 0 Å². The van der Waals surface area contributed by atoms with Crippen molar-refractivity contribution in [1.29, 1.82) is 0 Å². The smallest absolute Gasteiger partial charge is 0.340 e. The van der Waals surface area contributed by atoms with Crippen LogP contribution in [0.25, 0.3) is 11.8 Å². The maximum absolute atomic E-state index is 14.4. The number of esters is 1. The van der Waals surface area contributed by atoms with Crippen LogP contribution in [0.1, 0.15) is 23.9 Å². The number of rotatable bonds is 6. The lowest BCUT2D eigenvalue weighted by Crippen LogP contribution is -2.28. The minimum atomic E-state index is -0.574. The van der Waals surface area contributed by atoms with Crippen molar-refractivity contribution in [1.82, 2.24) is 9.47 Å². The Hall–Kier alpha value is -3.19. The van der Waals surface area contributed by atoms with Crippen LogP contribution in [0.5, 0.6) is 0 Å². The first-order valence-electron chi connectivity index (χ1n) is 9.57. The normalized spacial score (nSPS) is 15.5. The molecule has 6 nitrogen and oxygen atoms in total. The Kier molecular flexibility index (Phi) is 6.22. The van der Waals surface area contributed by atoms with Crippen molar-refractivity contribution in [2.24, 2.45) is 0 Å². The first-order chi connectivity index (χ1) is 14.3. The number of halogens is 1. The van der Waals surface area contributed by atoms with Crippen LogP contribution in [0.2, 0.25) is 0 Å². The van der Waals surface area contributed by atoms with Gasteiger partial charge in [-0.25, -0.2) is 9.18 Å². The molecule has 0 radical (unpaired) electrons. The molecule has 7 heteroatoms. The topological polar surface area (TPSA) is 60.8 Å². The predicted molar refractivity (Wildman–Crippen MR) is 111 cm³/mol. The number of aryl methyl sites for hydroxylation is 1. The highest BCUT2D eigenvalue weighted by molar-refractivity contribution is 6.16. The maximum atomic E-state index is 14.4. The van der Waals surface area contributed by atoms with Gasteiger partial charge in [-0.3, -0.25) is 4.79 Å². The van der Waals surface area contributed by atoms with E-state index in [1.165, 1.54) is 18.1 Å². The summed E-state index contributed by atoms with van der Waals surface area (Å²) in [5.74, 6) is -1.21. The molecule has 30 heavy (non-hydrogen) atoms. The molecular weight excluding hydrogens is 387 g/mol. The molecule has 0 N–H and O–H groups in total. The van der Waals surface area contributed by atoms with E-state index < -0.39 is 5.97 Å². The molecule has 158 valence electrons. The van der Waals surface area contributed by atoms with E-state index in [4.69, 9.17) is 9.47 Å². The molecule has 0 spiro atoms. The lowest BCUT2D eigenvalue weighted by atomic mass is 10.0. The summed E-state index contributed by atoms with van der Waals surface area (Å²) in [5.41, 5.74) is 3.73. The van der Waals surface area contributed by atoms with Gasteiger partial charge in [0.1, 0.15) is 5.82 Å². The van der Waals surface area contributed by atoms with Crippen LogP contribution in [-0.4, -0.2) is 48.7 Å². The van der Waals surface area contributed by atoms with E-state index in [9.17, 15) is 14.0 Å². The fourth-order valence-corrected chi connectivity index (χ4v) is 3.77. The number of aromatic nitrogens is 1. The molecule has 1 amide bonds. The van der Waals surface area contributed by atoms with Gasteiger partial charge in [-0.1, -0.05) is 12.1 Å². The number of para-hydroxylation sites is 1. The second kappa shape index (κ2) is 8.67. The summed E-state index contributed by atoms with van der Waals surface area (Å²) in [6.45, 7) is 6.09. The lowest BCUT2D eigenvalue weighted by molar-refractivity contribution is -0.136. The molecule has 1 aliphatic rings. The molecule has 2 aromatic rings. The average molecular weight is 412 g/mol. The summed E-state index contributed by atoms with van der Waals surface area (Å²) in [7, 11) is 2.84. The van der Waals surface area contributed by atoms with Crippen LogP contribution in [-0.2, 0) is 19.1 Å². The van der Waals surface area contributed by atoms with Crippen LogP contribution < -0.4 is 0 Å². The van der Waals surface area contributed by atoms with Crippen LogP contribution >= 0.6 is 0 Å². The van der Waals surface area contributed by atoms with Gasteiger partial charge in [0.25, 0.3) is 5.91 Å². The van der Waals surface area contributed by atoms with E-state index >= 15 is 0 Å². The van der Waals surface area contributed by atoms with Crippen molar-refractivity contribution in [3.63, 3.8) is 0 Å². The summed E-state index contributed by atoms with van der Waals surface area (Å²) in [6.07, 6.45) is 1.67. The highest BCUT2D eigenvalue weighted by atomic mass is 19.1. The minimum Gasteiger partial charge on any atom is -0.465 e. The number of hydrogen-bond donors (Lipinski definition) is 0. The molecule has 0 unspecified atom stereocenters. The van der Waals surface area contributed by atoms with Gasteiger partial charge in [0, 0.05) is 30.7 Å². The van der Waals surface area contributed by atoms with E-state index in [0.29, 0.717) is 24.5 Å². The fraction of sp³-hybridized carbons (Fsp3) is 0.304. The molecule has 0 saturated heterocycles. The van der Waals surface area contributed by atoms with Crippen molar-refractivity contribution in [2.75, 3.05) is 27.4 Å². The molecule has 3 rings (SSSR count). The van der Waals surface area contributed by atoms with Gasteiger partial charge < -0.3 is 18.9 Å². The van der Waals surface area contributed by atoms with Crippen LogP contribution in [0.4, 0.5) is 4.39 Å². The van der Waals surface area contributed by atoms with E-state index in [-0.39, 0.29) is 22.9 Å². The van der Waals surface area contributed by atoms with Crippen molar-refractivity contribution in [3.8, 4) is 5.69 Å². The average Bonchev–Trinajstić information content (AvgIpc) is 3.13. The largest absolute Gasteiger partial charge is 0.465 e. The Morgan fingerprint density at radius 2 is 1.87 bits per heavy atom. The molecule has 0 aliphatic carbocycles. The van der Waals surface area contributed by atoms with Crippen molar-refractivity contribution >= 4 is 18.0 Å². The fourth-order valence-electron chi connectivity index (χ4n) is 3.77. The lowest BCUT2D eigenvalue weighted by Gasteiger charge is -2.16. The molecular formula is C23H25FN2O4. The molecule has 1 aliphatic heterocycles. The predicted octanol–water partition coefficient (Wildman–Crippen LogP) is 3.55. The number of allylic oxidation sites excluding steroid dienone is 1. The SMILES string of the molecule is COCCN1C(=O)C(=Cc2cc(C)n(-c3ccccc3F)c2C)C(C(=O)OC)=C1C. The van der Waals surface area contributed by atoms with Gasteiger partial charge >= 0.3 is 5.97 Å². The quantitative estimate of drug-likeness (QED) is 0.538. The highest BCUT2D eigenvalue weighted by Gasteiger charge is 2.37. The summed E-state index contributed by atoms with van der Waals surface area (Å²) in [6, 6.07) is 8.37. The third-order valence-electron chi connectivity index (χ3n) is 5.28. The first kappa shape index (κ1) is 21.5. The molecule has 2 heterocycles. The van der Waals surface area contributed by atoms with E-state index in [1.54, 1.807) is 42.9 Å². The molecule has 1 aromatic heterocycles. The Morgan fingerprint density at radius 3 is 2.50 bits per heavy atom. The van der Waals surface area contributed by atoms with Crippen LogP contribution in [0, 0.1) is 19.7 Å². The second-order valence-corrected chi connectivity index (χ2v) is 7.07. The van der Waals surface area contributed by atoms with Crippen LogP contribution in [0.15, 0.2) is 47.2 Å². The number of amides is 1. The van der Waals surface area contributed by atoms with Gasteiger partial charge in [0.2, 0.25) is 0 Å². The number of methoxy groups -OCH3 is 2. The molecule has 0 fully saturated rings. The number of benzene rings is 1. The van der Waals surface area contributed by atoms with Crippen molar-refractivity contribution < 1.29 is 23.5 Å². The van der Waals surface area contributed by atoms with E-state index in [2.05, 4.69) is 0 Å². The monoisotopic (exact) mass is 412 g/mol. The molecule has 1 aromatic carbocycles. The number of carbonyl (C=O) groups excluding carboxylic acids is 2. The first-order valence-corrected chi connectivity index (χ1v) is 9.57. The number of ether oxygens (including phenoxy) is 2. The summed E-state index contributed by atoms with van der Waals surface area (Å²) >= 11 is 0. The van der Waals surface area contributed by atoms with E-state index in [1.807, 2.05) is 19.9 Å². The number of hydrogen-bond acceptors (Lipinski definition) is 4. The minimum absolute atomic E-state index is 0.231. The standard InChI is InChI=1S/C23H25FN2O4/c1-14-12-17(15(2)26(14)20-9-7-6-8-19(20)24)13-18-21(23(28)30-5)16(3)25(22(18)27)10-11-29-4/h6-9,12-13H,10-11H2,1-5H3. The zero-order chi connectivity index (χ0) is 22.0. The third-order valence-corrected chi connectivity index (χ3v) is 5.28.